The van der Waals surface area contributed by atoms with Crippen LogP contribution in [-0.2, 0) is 26.3 Å². The molecule has 2 amide bonds. The van der Waals surface area contributed by atoms with Crippen molar-refractivity contribution in [3.8, 4) is 0 Å². The summed E-state index contributed by atoms with van der Waals surface area (Å²) in [5, 5.41) is 29.0. The van der Waals surface area contributed by atoms with E-state index >= 15 is 0 Å². The number of carbonyl (C=O) groups is 3. The molecular weight excluding hydrogens is 530 g/mol. The van der Waals surface area contributed by atoms with E-state index in [0.29, 0.717) is 22.2 Å². The number of nitrogens with zero attached hydrogens (tertiary/aromatic N) is 7. The van der Waals surface area contributed by atoms with Gasteiger partial charge < -0.3 is 21.0 Å². The molecule has 1 unspecified atom stereocenters. The van der Waals surface area contributed by atoms with Crippen molar-refractivity contribution < 1.29 is 24.3 Å². The molecule has 2 atom stereocenters. The van der Waals surface area contributed by atoms with Gasteiger partial charge >= 0.3 is 5.97 Å². The Labute approximate surface area is 210 Å². The number of tetrazole rings is 1. The Kier molecular flexibility index (Phi) is 8.01. The van der Waals surface area contributed by atoms with Gasteiger partial charge in [-0.1, -0.05) is 16.9 Å². The number of aliphatic carboxylic acids is 1. The SMILES string of the molecule is CON=C(C(=O)NC1C(=O)N2C(C(=O)O)=C(CSc3nnnn3C)CS[C@H]12)c1csc(N)n1.Cl. The molecule has 14 nitrogen and oxygen atoms in total. The van der Waals surface area contributed by atoms with Crippen LogP contribution in [0.2, 0.25) is 0 Å². The Bertz CT molecular complexity index is 1180. The molecule has 4 rings (SSSR count). The van der Waals surface area contributed by atoms with Gasteiger partial charge in [0.1, 0.15) is 29.9 Å². The lowest BCUT2D eigenvalue weighted by Gasteiger charge is -2.49. The van der Waals surface area contributed by atoms with Gasteiger partial charge in [-0.15, -0.1) is 40.6 Å². The molecule has 1 saturated heterocycles. The molecule has 0 saturated carbocycles. The van der Waals surface area contributed by atoms with Crippen molar-refractivity contribution in [3.05, 3.63) is 22.3 Å². The van der Waals surface area contributed by atoms with Crippen LogP contribution in [0.4, 0.5) is 5.13 Å². The lowest BCUT2D eigenvalue weighted by Crippen LogP contribution is -2.71. The molecule has 0 aromatic carbocycles. The number of hydrogen-bond donors (Lipinski definition) is 3. The summed E-state index contributed by atoms with van der Waals surface area (Å²) in [6.07, 6.45) is 0. The number of thioether (sulfide) groups is 2. The third-order valence-corrected chi connectivity index (χ3v) is 7.77. The van der Waals surface area contributed by atoms with Crippen LogP contribution in [-0.4, -0.2) is 88.7 Å². The van der Waals surface area contributed by atoms with Crippen molar-refractivity contribution in [2.45, 2.75) is 16.6 Å². The molecule has 4 N–H and O–H groups in total. The molecule has 182 valence electrons. The number of halogens is 1. The zero-order valence-electron chi connectivity index (χ0n) is 17.6. The number of thiazole rings is 1. The van der Waals surface area contributed by atoms with Gasteiger partial charge in [-0.05, 0) is 16.0 Å². The topological polar surface area (TPSA) is 191 Å². The predicted octanol–water partition coefficient (Wildman–Crippen LogP) is -0.448. The minimum Gasteiger partial charge on any atom is -0.477 e. The zero-order chi connectivity index (χ0) is 23.7. The van der Waals surface area contributed by atoms with E-state index in [0.717, 1.165) is 11.3 Å². The second-order valence-electron chi connectivity index (χ2n) is 6.69. The number of carbonyl (C=O) groups excluding carboxylic acids is 2. The first-order chi connectivity index (χ1) is 15.8. The first-order valence-corrected chi connectivity index (χ1v) is 12.1. The van der Waals surface area contributed by atoms with Gasteiger partial charge in [0.25, 0.3) is 11.8 Å². The summed E-state index contributed by atoms with van der Waals surface area (Å²) < 4.78 is 1.47. The minimum absolute atomic E-state index is 0. The third kappa shape index (κ3) is 4.82. The van der Waals surface area contributed by atoms with Crippen LogP contribution in [0.15, 0.2) is 27.0 Å². The molecule has 34 heavy (non-hydrogen) atoms. The van der Waals surface area contributed by atoms with Crippen LogP contribution in [0.25, 0.3) is 0 Å². The number of aryl methyl sites for hydroxylation is 1. The quantitative estimate of drug-likeness (QED) is 0.167. The lowest BCUT2D eigenvalue weighted by atomic mass is 10.0. The molecule has 0 bridgehead atoms. The molecule has 0 radical (unpaired) electrons. The van der Waals surface area contributed by atoms with Crippen molar-refractivity contribution in [1.29, 1.82) is 0 Å². The Hall–Kier alpha value is -2.89. The van der Waals surface area contributed by atoms with Crippen LogP contribution in [0.1, 0.15) is 5.69 Å². The fourth-order valence-electron chi connectivity index (χ4n) is 3.19. The molecule has 0 aliphatic carbocycles. The third-order valence-electron chi connectivity index (χ3n) is 4.66. The van der Waals surface area contributed by atoms with Crippen LogP contribution >= 0.6 is 47.3 Å². The van der Waals surface area contributed by atoms with E-state index in [9.17, 15) is 19.5 Å². The molecule has 1 fully saturated rings. The second-order valence-corrected chi connectivity index (χ2v) is 9.62. The van der Waals surface area contributed by atoms with Crippen molar-refractivity contribution in [2.75, 3.05) is 24.3 Å². The second kappa shape index (κ2) is 10.6. The van der Waals surface area contributed by atoms with E-state index in [4.69, 9.17) is 10.6 Å². The number of hydrogen-bond acceptors (Lipinski definition) is 13. The number of anilines is 1. The molecule has 0 spiro atoms. The first kappa shape index (κ1) is 25.7. The highest BCUT2D eigenvalue weighted by atomic mass is 35.5. The van der Waals surface area contributed by atoms with E-state index in [1.54, 1.807) is 12.4 Å². The molecule has 2 aliphatic rings. The highest BCUT2D eigenvalue weighted by Gasteiger charge is 2.54. The van der Waals surface area contributed by atoms with Gasteiger partial charge in [0, 0.05) is 23.9 Å². The molecular formula is C16H18ClN9O5S3. The maximum absolute atomic E-state index is 12.9. The maximum Gasteiger partial charge on any atom is 0.352 e. The number of nitrogens with one attached hydrogen (secondary N) is 1. The van der Waals surface area contributed by atoms with E-state index in [1.807, 2.05) is 0 Å². The van der Waals surface area contributed by atoms with Gasteiger partial charge in [0.2, 0.25) is 5.16 Å². The van der Waals surface area contributed by atoms with Crippen LogP contribution in [0, 0.1) is 0 Å². The van der Waals surface area contributed by atoms with Crippen molar-refractivity contribution in [1.82, 2.24) is 35.4 Å². The largest absolute Gasteiger partial charge is 0.477 e. The van der Waals surface area contributed by atoms with E-state index in [1.165, 1.54) is 40.2 Å². The van der Waals surface area contributed by atoms with Gasteiger partial charge in [-0.2, -0.15) is 0 Å². The summed E-state index contributed by atoms with van der Waals surface area (Å²) >= 11 is 3.75. The number of rotatable bonds is 8. The Balaban J connectivity index is 0.00000324. The van der Waals surface area contributed by atoms with Crippen molar-refractivity contribution in [2.24, 2.45) is 12.2 Å². The number of fused-ring (bicyclic) bond motifs is 1. The number of oxime groups is 1. The maximum atomic E-state index is 12.9. The van der Waals surface area contributed by atoms with Gasteiger partial charge in [-0.3, -0.25) is 14.5 Å². The lowest BCUT2D eigenvalue weighted by molar-refractivity contribution is -0.150. The van der Waals surface area contributed by atoms with Gasteiger partial charge in [-0.25, -0.2) is 14.5 Å². The van der Waals surface area contributed by atoms with Gasteiger partial charge in [0.15, 0.2) is 10.8 Å². The summed E-state index contributed by atoms with van der Waals surface area (Å²) in [5.74, 6) is -1.77. The normalized spacial score (nSPS) is 19.8. The summed E-state index contributed by atoms with van der Waals surface area (Å²) in [6.45, 7) is 0. The van der Waals surface area contributed by atoms with E-state index in [-0.39, 0.29) is 34.6 Å². The average molecular weight is 548 g/mol. The monoisotopic (exact) mass is 547 g/mol. The van der Waals surface area contributed by atoms with Crippen LogP contribution in [0.5, 0.6) is 0 Å². The Morgan fingerprint density at radius 3 is 2.82 bits per heavy atom. The van der Waals surface area contributed by atoms with E-state index in [2.05, 4.69) is 31.0 Å². The molecule has 18 heteroatoms. The fourth-order valence-corrected chi connectivity index (χ4v) is 6.07. The van der Waals surface area contributed by atoms with Crippen molar-refractivity contribution in [3.63, 3.8) is 0 Å². The smallest absolute Gasteiger partial charge is 0.352 e. The number of aromatic nitrogens is 5. The number of carboxylic acids is 1. The first-order valence-electron chi connectivity index (χ1n) is 9.20. The van der Waals surface area contributed by atoms with E-state index < -0.39 is 29.2 Å². The summed E-state index contributed by atoms with van der Waals surface area (Å²) in [4.78, 5) is 47.6. The van der Waals surface area contributed by atoms with Crippen LogP contribution < -0.4 is 11.1 Å². The summed E-state index contributed by atoms with van der Waals surface area (Å²) in [7, 11) is 2.95. The zero-order valence-corrected chi connectivity index (χ0v) is 20.8. The van der Waals surface area contributed by atoms with Gasteiger partial charge in [0.05, 0.1) is 0 Å². The highest BCUT2D eigenvalue weighted by Crippen LogP contribution is 2.41. The minimum atomic E-state index is -1.22. The molecule has 2 aliphatic heterocycles. The number of carboxylic acid groups (broad SMARTS) is 1. The van der Waals surface area contributed by atoms with Crippen LogP contribution in [0.3, 0.4) is 0 Å². The highest BCUT2D eigenvalue weighted by molar-refractivity contribution is 8.01. The summed E-state index contributed by atoms with van der Waals surface area (Å²) in [5.41, 5.74) is 6.17. The number of β-lactam (4-membered cyclic amide) rings is 1. The average Bonchev–Trinajstić information content (AvgIpc) is 3.40. The Morgan fingerprint density at radius 2 is 2.24 bits per heavy atom. The fraction of sp³-hybridized carbons (Fsp3) is 0.375. The standard InChI is InChI=1S/C16H17N9O5S3.ClH/c1-24-16(20-22-23-24)33-4-6-3-31-13-9(12(27)25(13)10(6)14(28)29)19-11(26)8(21-30-2)7-5-32-15(17)18-7;/h5,9,13H,3-4H2,1-2H3,(H2,17,18)(H,19,26)(H,28,29);1H/t9?,13-;/m1./s1. The Morgan fingerprint density at radius 1 is 1.47 bits per heavy atom. The predicted molar refractivity (Wildman–Crippen MR) is 127 cm³/mol. The summed E-state index contributed by atoms with van der Waals surface area (Å²) in [6, 6.07) is -0.924. The van der Waals surface area contributed by atoms with Crippen molar-refractivity contribution >= 4 is 75.9 Å². The molecule has 2 aromatic rings. The molecule has 4 heterocycles. The molecule has 2 aromatic heterocycles. The number of amides is 2. The number of nitrogen functional groups attached to an aromatic ring is 1. The number of nitrogens with two attached hydrogens (primary N) is 1.